The van der Waals surface area contributed by atoms with Crippen molar-refractivity contribution in [3.63, 3.8) is 0 Å². The van der Waals surface area contributed by atoms with Gasteiger partial charge in [0.25, 0.3) is 11.8 Å². The molecule has 1 aliphatic rings. The number of Topliss-reactive ketones (excluding diaryl/α,β-unsaturated/α-hetero) is 1. The summed E-state index contributed by atoms with van der Waals surface area (Å²) < 4.78 is 38.3. The number of amides is 1. The molecule has 0 saturated carbocycles. The van der Waals surface area contributed by atoms with Gasteiger partial charge in [-0.3, -0.25) is 9.59 Å². The molecule has 1 amide bonds. The number of oxazole rings is 1. The number of ether oxygens (including phenoxy) is 1. The highest BCUT2D eigenvalue weighted by Gasteiger charge is 2.39. The van der Waals surface area contributed by atoms with Crippen LogP contribution in [0.4, 0.5) is 14.5 Å². The lowest BCUT2D eigenvalue weighted by molar-refractivity contribution is -0.128. The number of aromatic nitrogens is 1. The van der Waals surface area contributed by atoms with Crippen LogP contribution in [0, 0.1) is 12.8 Å². The topological polar surface area (TPSA) is 85.0 Å². The Kier molecular flexibility index (Phi) is 6.03. The van der Waals surface area contributed by atoms with Crippen LogP contribution >= 0.6 is 0 Å². The fraction of sp³-hybridized carbons (Fsp3) is 0.280. The molecule has 2 heterocycles. The van der Waals surface area contributed by atoms with E-state index >= 15 is 0 Å². The molecule has 1 unspecified atom stereocenters. The molecular weight excluding hydrogens is 444 g/mol. The van der Waals surface area contributed by atoms with Crippen molar-refractivity contribution in [2.45, 2.75) is 33.1 Å². The van der Waals surface area contributed by atoms with Gasteiger partial charge in [0, 0.05) is 18.9 Å². The molecule has 0 fully saturated rings. The maximum atomic E-state index is 13.7. The van der Waals surface area contributed by atoms with Crippen LogP contribution < -0.4 is 9.75 Å². The predicted molar refractivity (Wildman–Crippen MR) is 122 cm³/mol. The summed E-state index contributed by atoms with van der Waals surface area (Å²) in [5.74, 6) is -3.61. The number of rotatable bonds is 7. The van der Waals surface area contributed by atoms with Crippen LogP contribution in [-0.4, -0.2) is 29.5 Å². The van der Waals surface area contributed by atoms with Gasteiger partial charge in [-0.25, -0.2) is 13.8 Å². The first-order chi connectivity index (χ1) is 16.1. The molecule has 2 aromatic carbocycles. The zero-order valence-electron chi connectivity index (χ0n) is 19.1. The first kappa shape index (κ1) is 23.3. The Morgan fingerprint density at radius 3 is 2.62 bits per heavy atom. The Morgan fingerprint density at radius 1 is 1.21 bits per heavy atom. The lowest BCUT2D eigenvalue weighted by Gasteiger charge is -2.16. The number of carbonyl (C=O) groups excluding carboxylic acids is 2. The highest BCUT2D eigenvalue weighted by Crippen LogP contribution is 2.35. The summed E-state index contributed by atoms with van der Waals surface area (Å²) in [7, 11) is 1.51. The molecule has 9 heteroatoms. The van der Waals surface area contributed by atoms with Crippen LogP contribution in [0.5, 0.6) is 5.75 Å². The van der Waals surface area contributed by atoms with Crippen molar-refractivity contribution in [1.82, 2.24) is 4.98 Å². The summed E-state index contributed by atoms with van der Waals surface area (Å²) in [6.07, 6.45) is 1.41. The minimum Gasteiger partial charge on any atom is -0.496 e. The van der Waals surface area contributed by atoms with E-state index in [0.717, 1.165) is 11.9 Å². The molecule has 1 aliphatic heterocycles. The largest absolute Gasteiger partial charge is 0.496 e. The summed E-state index contributed by atoms with van der Waals surface area (Å²) in [5, 5.41) is 5.46. The van der Waals surface area contributed by atoms with Gasteiger partial charge in [-0.1, -0.05) is 18.2 Å². The van der Waals surface area contributed by atoms with Gasteiger partial charge >= 0.3 is 0 Å². The van der Waals surface area contributed by atoms with Gasteiger partial charge in [0.15, 0.2) is 5.78 Å². The van der Waals surface area contributed by atoms with E-state index in [0.29, 0.717) is 39.9 Å². The average molecular weight is 467 g/mol. The number of benzene rings is 2. The Bertz CT molecular complexity index is 1290. The van der Waals surface area contributed by atoms with Crippen molar-refractivity contribution in [3.8, 4) is 17.2 Å². The number of ketones is 1. The first-order valence-electron chi connectivity index (χ1n) is 10.6. The number of hydrogen-bond acceptors (Lipinski definition) is 6. The van der Waals surface area contributed by atoms with Gasteiger partial charge in [0.2, 0.25) is 5.89 Å². The van der Waals surface area contributed by atoms with Gasteiger partial charge in [-0.2, -0.15) is 10.1 Å². The fourth-order valence-electron chi connectivity index (χ4n) is 3.85. The van der Waals surface area contributed by atoms with Gasteiger partial charge < -0.3 is 9.15 Å². The van der Waals surface area contributed by atoms with Crippen LogP contribution in [0.25, 0.3) is 11.5 Å². The van der Waals surface area contributed by atoms with E-state index in [1.807, 2.05) is 0 Å². The van der Waals surface area contributed by atoms with Gasteiger partial charge in [-0.05, 0) is 43.7 Å². The van der Waals surface area contributed by atoms with Crippen molar-refractivity contribution in [2.75, 3.05) is 12.1 Å². The third-order valence-corrected chi connectivity index (χ3v) is 5.54. The zero-order chi connectivity index (χ0) is 24.6. The minimum absolute atomic E-state index is 0.162. The van der Waals surface area contributed by atoms with E-state index in [9.17, 15) is 18.4 Å². The maximum absolute atomic E-state index is 13.7. The molecule has 7 nitrogen and oxygen atoms in total. The fourth-order valence-corrected chi connectivity index (χ4v) is 3.85. The van der Waals surface area contributed by atoms with E-state index in [1.54, 1.807) is 44.3 Å². The Labute approximate surface area is 195 Å². The molecule has 0 saturated heterocycles. The Morgan fingerprint density at radius 2 is 1.97 bits per heavy atom. The third-order valence-electron chi connectivity index (χ3n) is 5.54. The van der Waals surface area contributed by atoms with Crippen molar-refractivity contribution in [2.24, 2.45) is 11.0 Å². The summed E-state index contributed by atoms with van der Waals surface area (Å²) in [6.45, 7) is 4.16. The normalized spacial score (nSPS) is 16.1. The summed E-state index contributed by atoms with van der Waals surface area (Å²) in [6, 6.07) is 10.6. The molecule has 0 spiro atoms. The molecular formula is C25H23F2N3O4. The highest BCUT2D eigenvalue weighted by atomic mass is 19.3. The van der Waals surface area contributed by atoms with Crippen molar-refractivity contribution in [1.29, 1.82) is 0 Å². The number of nitrogens with zero attached hydrogens (tertiary/aromatic N) is 3. The number of carbonyl (C=O) groups is 2. The van der Waals surface area contributed by atoms with Crippen molar-refractivity contribution in [3.05, 3.63) is 65.5 Å². The van der Waals surface area contributed by atoms with Crippen LogP contribution in [0.3, 0.4) is 0 Å². The van der Waals surface area contributed by atoms with E-state index in [-0.39, 0.29) is 12.0 Å². The van der Waals surface area contributed by atoms with Crippen LogP contribution in [-0.2, 0) is 21.9 Å². The van der Waals surface area contributed by atoms with E-state index < -0.39 is 23.5 Å². The summed E-state index contributed by atoms with van der Waals surface area (Å²) in [5.41, 5.74) is 1.50. The smallest absolute Gasteiger partial charge is 0.270 e. The molecule has 3 aromatic rings. The van der Waals surface area contributed by atoms with E-state index in [1.165, 1.54) is 25.3 Å². The van der Waals surface area contributed by atoms with E-state index in [2.05, 4.69) is 10.1 Å². The number of methoxy groups -OCH3 is 1. The number of anilines is 1. The Balaban J connectivity index is 1.59. The summed E-state index contributed by atoms with van der Waals surface area (Å²) >= 11 is 0. The second-order valence-corrected chi connectivity index (χ2v) is 8.22. The van der Waals surface area contributed by atoms with E-state index in [4.69, 9.17) is 9.15 Å². The standard InChI is InChI=1S/C25H23F2N3O4/c1-14-13-28-23(34-14)19-12-18(8-9-21(19)33-4)30-24(32)22(15(2)29-30)20(31)11-16-6-5-7-17(10-16)25(3,26)27/h5-10,12-13,22H,11H2,1-4H3. The SMILES string of the molecule is COc1ccc(N2N=C(C)C(C(=O)Cc3cccc(C(C)(F)F)c3)C2=O)cc1-c1ncc(C)o1. The second-order valence-electron chi connectivity index (χ2n) is 8.22. The third kappa shape index (κ3) is 4.46. The van der Waals surface area contributed by atoms with Crippen LogP contribution in [0.15, 0.2) is 58.2 Å². The number of aryl methyl sites for hydroxylation is 1. The molecule has 0 aliphatic carbocycles. The molecule has 0 N–H and O–H groups in total. The lowest BCUT2D eigenvalue weighted by atomic mass is 9.93. The number of halogens is 2. The van der Waals surface area contributed by atoms with Crippen molar-refractivity contribution < 1.29 is 27.5 Å². The van der Waals surface area contributed by atoms with Crippen molar-refractivity contribution >= 4 is 23.1 Å². The first-order valence-corrected chi connectivity index (χ1v) is 10.6. The molecule has 0 radical (unpaired) electrons. The quantitative estimate of drug-likeness (QED) is 0.461. The monoisotopic (exact) mass is 467 g/mol. The number of hydrogen-bond donors (Lipinski definition) is 0. The molecule has 4 rings (SSSR count). The van der Waals surface area contributed by atoms with Crippen LogP contribution in [0.2, 0.25) is 0 Å². The molecule has 0 bridgehead atoms. The molecule has 1 aromatic heterocycles. The molecule has 176 valence electrons. The number of alkyl halides is 2. The molecule has 34 heavy (non-hydrogen) atoms. The predicted octanol–water partition coefficient (Wildman–Crippen LogP) is 4.92. The zero-order valence-corrected chi connectivity index (χ0v) is 19.1. The minimum atomic E-state index is -3.02. The molecule has 1 atom stereocenters. The Hall–Kier alpha value is -3.88. The highest BCUT2D eigenvalue weighted by molar-refractivity contribution is 6.27. The summed E-state index contributed by atoms with van der Waals surface area (Å²) in [4.78, 5) is 30.4. The number of hydrazone groups is 1. The van der Waals surface area contributed by atoms with Gasteiger partial charge in [0.1, 0.15) is 17.4 Å². The van der Waals surface area contributed by atoms with Gasteiger partial charge in [-0.15, -0.1) is 0 Å². The van der Waals surface area contributed by atoms with Gasteiger partial charge in [0.05, 0.1) is 30.3 Å². The van der Waals surface area contributed by atoms with Crippen LogP contribution in [0.1, 0.15) is 30.7 Å². The second kappa shape index (κ2) is 8.81. The lowest BCUT2D eigenvalue weighted by Crippen LogP contribution is -2.33. The maximum Gasteiger partial charge on any atom is 0.270 e. The average Bonchev–Trinajstić information content (AvgIpc) is 3.35.